The summed E-state index contributed by atoms with van der Waals surface area (Å²) >= 11 is 0. The van der Waals surface area contributed by atoms with E-state index in [1.807, 2.05) is 13.8 Å². The van der Waals surface area contributed by atoms with Gasteiger partial charge < -0.3 is 4.74 Å². The summed E-state index contributed by atoms with van der Waals surface area (Å²) in [7, 11) is 1.31. The van der Waals surface area contributed by atoms with Crippen LogP contribution in [0.4, 0.5) is 8.78 Å². The van der Waals surface area contributed by atoms with Gasteiger partial charge in [0.15, 0.2) is 0 Å². The summed E-state index contributed by atoms with van der Waals surface area (Å²) in [6, 6.07) is 2.42. The maximum atomic E-state index is 13.1. The van der Waals surface area contributed by atoms with E-state index < -0.39 is 23.6 Å². The molecule has 0 saturated heterocycles. The lowest BCUT2D eigenvalue weighted by atomic mass is 10.0. The normalized spacial score (nSPS) is 14.3. The van der Waals surface area contributed by atoms with Crippen LogP contribution in [0, 0.1) is 17.6 Å². The largest absolute Gasteiger partial charge is 0.468 e. The lowest BCUT2D eigenvalue weighted by molar-refractivity contribution is -0.144. The van der Waals surface area contributed by atoms with Crippen LogP contribution in [-0.4, -0.2) is 19.1 Å². The molecular formula is C14H19F2NO2. The van der Waals surface area contributed by atoms with Crippen molar-refractivity contribution in [1.82, 2.24) is 5.32 Å². The molecule has 0 radical (unpaired) electrons. The van der Waals surface area contributed by atoms with E-state index in [0.29, 0.717) is 5.56 Å². The van der Waals surface area contributed by atoms with Gasteiger partial charge in [-0.3, -0.25) is 10.1 Å². The summed E-state index contributed by atoms with van der Waals surface area (Å²) in [6.45, 7) is 5.48. The van der Waals surface area contributed by atoms with E-state index in [-0.39, 0.29) is 12.0 Å². The van der Waals surface area contributed by atoms with Gasteiger partial charge in [0.1, 0.15) is 17.7 Å². The van der Waals surface area contributed by atoms with E-state index >= 15 is 0 Å². The Bertz CT molecular complexity index is 429. The van der Waals surface area contributed by atoms with Crippen molar-refractivity contribution >= 4 is 5.97 Å². The smallest absolute Gasteiger partial charge is 0.323 e. The van der Waals surface area contributed by atoms with Crippen molar-refractivity contribution in [3.63, 3.8) is 0 Å². The molecule has 0 aliphatic heterocycles. The fraction of sp³-hybridized carbons (Fsp3) is 0.500. The molecule has 0 fully saturated rings. The molecule has 106 valence electrons. The molecule has 0 spiro atoms. The molecule has 1 N–H and O–H groups in total. The molecule has 0 aliphatic rings. The number of esters is 1. The van der Waals surface area contributed by atoms with Crippen LogP contribution in [-0.2, 0) is 9.53 Å². The van der Waals surface area contributed by atoms with Crippen molar-refractivity contribution in [2.75, 3.05) is 7.11 Å². The second-order valence-corrected chi connectivity index (χ2v) is 4.84. The zero-order valence-electron chi connectivity index (χ0n) is 11.5. The van der Waals surface area contributed by atoms with Crippen LogP contribution in [0.2, 0.25) is 0 Å². The highest BCUT2D eigenvalue weighted by atomic mass is 19.1. The van der Waals surface area contributed by atoms with E-state index in [0.717, 1.165) is 6.07 Å². The van der Waals surface area contributed by atoms with Gasteiger partial charge in [-0.05, 0) is 30.5 Å². The zero-order chi connectivity index (χ0) is 14.6. The number of benzene rings is 1. The number of carbonyl (C=O) groups excluding carboxylic acids is 1. The SMILES string of the molecule is COC(=O)[C@@H](NC(C)c1cc(F)cc(F)c1)C(C)C. The van der Waals surface area contributed by atoms with Crippen molar-refractivity contribution in [2.45, 2.75) is 32.9 Å². The van der Waals surface area contributed by atoms with Gasteiger partial charge in [0.2, 0.25) is 0 Å². The third-order valence-corrected chi connectivity index (χ3v) is 2.94. The van der Waals surface area contributed by atoms with Gasteiger partial charge in [-0.2, -0.15) is 0 Å². The van der Waals surface area contributed by atoms with E-state index in [1.54, 1.807) is 6.92 Å². The molecule has 0 saturated carbocycles. The van der Waals surface area contributed by atoms with E-state index in [1.165, 1.54) is 19.2 Å². The molecule has 3 nitrogen and oxygen atoms in total. The highest BCUT2D eigenvalue weighted by molar-refractivity contribution is 5.76. The first-order valence-corrected chi connectivity index (χ1v) is 6.15. The average Bonchev–Trinajstić information content (AvgIpc) is 2.33. The summed E-state index contributed by atoms with van der Waals surface area (Å²) in [5.41, 5.74) is 0.451. The number of methoxy groups -OCH3 is 1. The average molecular weight is 271 g/mol. The van der Waals surface area contributed by atoms with Crippen LogP contribution >= 0.6 is 0 Å². The van der Waals surface area contributed by atoms with Gasteiger partial charge in [0.05, 0.1) is 7.11 Å². The number of ether oxygens (including phenoxy) is 1. The Labute approximate surface area is 112 Å². The topological polar surface area (TPSA) is 38.3 Å². The summed E-state index contributed by atoms with van der Waals surface area (Å²) in [5.74, 6) is -1.65. The molecular weight excluding hydrogens is 252 g/mol. The number of carbonyl (C=O) groups is 1. The van der Waals surface area contributed by atoms with Crippen LogP contribution in [0.15, 0.2) is 18.2 Å². The molecule has 5 heteroatoms. The summed E-state index contributed by atoms with van der Waals surface area (Å²) < 4.78 is 31.0. The molecule has 1 aromatic rings. The highest BCUT2D eigenvalue weighted by Crippen LogP contribution is 2.18. The molecule has 0 aromatic heterocycles. The number of nitrogens with one attached hydrogen (secondary N) is 1. The Morgan fingerprint density at radius 3 is 2.11 bits per heavy atom. The minimum atomic E-state index is -0.636. The van der Waals surface area contributed by atoms with Crippen molar-refractivity contribution in [3.8, 4) is 0 Å². The highest BCUT2D eigenvalue weighted by Gasteiger charge is 2.25. The van der Waals surface area contributed by atoms with Gasteiger partial charge in [-0.15, -0.1) is 0 Å². The standard InChI is InChI=1S/C14H19F2NO2/c1-8(2)13(14(18)19-4)17-9(3)10-5-11(15)7-12(16)6-10/h5-9,13,17H,1-4H3/t9?,13-/m0/s1. The van der Waals surface area contributed by atoms with E-state index in [4.69, 9.17) is 4.74 Å². The molecule has 0 aliphatic carbocycles. The first-order valence-electron chi connectivity index (χ1n) is 6.15. The fourth-order valence-electron chi connectivity index (χ4n) is 1.85. The fourth-order valence-corrected chi connectivity index (χ4v) is 1.85. The second-order valence-electron chi connectivity index (χ2n) is 4.84. The van der Waals surface area contributed by atoms with Crippen LogP contribution < -0.4 is 5.32 Å². The predicted molar refractivity (Wildman–Crippen MR) is 68.6 cm³/mol. The van der Waals surface area contributed by atoms with E-state index in [9.17, 15) is 13.6 Å². The Morgan fingerprint density at radius 2 is 1.68 bits per heavy atom. The lowest BCUT2D eigenvalue weighted by Gasteiger charge is -2.24. The molecule has 1 unspecified atom stereocenters. The molecule has 0 heterocycles. The second kappa shape index (κ2) is 6.61. The van der Waals surface area contributed by atoms with Gasteiger partial charge in [-0.25, -0.2) is 8.78 Å². The van der Waals surface area contributed by atoms with Crippen LogP contribution in [0.25, 0.3) is 0 Å². The van der Waals surface area contributed by atoms with Crippen molar-refractivity contribution in [2.24, 2.45) is 5.92 Å². The third-order valence-electron chi connectivity index (χ3n) is 2.94. The number of halogens is 2. The van der Waals surface area contributed by atoms with Gasteiger partial charge in [0.25, 0.3) is 0 Å². The molecule has 0 amide bonds. The van der Waals surface area contributed by atoms with Gasteiger partial charge in [0, 0.05) is 12.1 Å². The van der Waals surface area contributed by atoms with Crippen molar-refractivity contribution in [3.05, 3.63) is 35.4 Å². The van der Waals surface area contributed by atoms with Crippen molar-refractivity contribution in [1.29, 1.82) is 0 Å². The minimum Gasteiger partial charge on any atom is -0.468 e. The Balaban J connectivity index is 2.87. The van der Waals surface area contributed by atoms with Crippen LogP contribution in [0.5, 0.6) is 0 Å². The number of rotatable bonds is 5. The third kappa shape index (κ3) is 4.28. The monoisotopic (exact) mass is 271 g/mol. The quantitative estimate of drug-likeness (QED) is 0.837. The van der Waals surface area contributed by atoms with Crippen LogP contribution in [0.3, 0.4) is 0 Å². The van der Waals surface area contributed by atoms with Gasteiger partial charge >= 0.3 is 5.97 Å². The molecule has 1 rings (SSSR count). The molecule has 0 bridgehead atoms. The Morgan fingerprint density at radius 1 is 1.16 bits per heavy atom. The molecule has 2 atom stereocenters. The first kappa shape index (κ1) is 15.6. The van der Waals surface area contributed by atoms with Crippen LogP contribution in [0.1, 0.15) is 32.4 Å². The zero-order valence-corrected chi connectivity index (χ0v) is 11.5. The predicted octanol–water partition coefficient (Wildman–Crippen LogP) is 2.81. The maximum absolute atomic E-state index is 13.1. The summed E-state index contributed by atoms with van der Waals surface area (Å²) in [4.78, 5) is 11.6. The maximum Gasteiger partial charge on any atom is 0.323 e. The summed E-state index contributed by atoms with van der Waals surface area (Å²) in [6.07, 6.45) is 0. The lowest BCUT2D eigenvalue weighted by Crippen LogP contribution is -2.43. The van der Waals surface area contributed by atoms with E-state index in [2.05, 4.69) is 5.32 Å². The number of hydrogen-bond donors (Lipinski definition) is 1. The van der Waals surface area contributed by atoms with Gasteiger partial charge in [-0.1, -0.05) is 13.8 Å². The molecule has 1 aromatic carbocycles. The van der Waals surface area contributed by atoms with Crippen molar-refractivity contribution < 1.29 is 18.3 Å². The summed E-state index contributed by atoms with van der Waals surface area (Å²) in [5, 5.41) is 3.03. The Hall–Kier alpha value is -1.49. The molecule has 19 heavy (non-hydrogen) atoms. The Kier molecular flexibility index (Phi) is 5.42. The minimum absolute atomic E-state index is 0.00769. The number of hydrogen-bond acceptors (Lipinski definition) is 3. The first-order chi connectivity index (χ1) is 8.85.